The van der Waals surface area contributed by atoms with Crippen molar-refractivity contribution in [3.8, 4) is 11.3 Å². The molecule has 7 nitrogen and oxygen atoms in total. The first-order valence-corrected chi connectivity index (χ1v) is 12.8. The van der Waals surface area contributed by atoms with Crippen molar-refractivity contribution in [3.05, 3.63) is 66.0 Å². The van der Waals surface area contributed by atoms with Gasteiger partial charge in [-0.2, -0.15) is 0 Å². The van der Waals surface area contributed by atoms with Crippen LogP contribution in [0.5, 0.6) is 0 Å². The Morgan fingerprint density at radius 2 is 1.84 bits per heavy atom. The molecule has 196 valence electrons. The van der Waals surface area contributed by atoms with Crippen molar-refractivity contribution in [1.82, 2.24) is 19.8 Å². The molecule has 3 aromatic rings. The van der Waals surface area contributed by atoms with Gasteiger partial charge < -0.3 is 20.1 Å². The molecule has 0 radical (unpaired) electrons. The molecule has 2 N–H and O–H groups in total. The number of aromatic nitrogens is 2. The Bertz CT molecular complexity index is 1240. The molecule has 0 saturated carbocycles. The van der Waals surface area contributed by atoms with Crippen molar-refractivity contribution < 1.29 is 18.4 Å². The first kappa shape index (κ1) is 26.3. The molecule has 1 unspecified atom stereocenters. The molecule has 0 bridgehead atoms. The van der Waals surface area contributed by atoms with Gasteiger partial charge in [-0.15, -0.1) is 0 Å². The summed E-state index contributed by atoms with van der Waals surface area (Å²) in [6, 6.07) is 12.1. The standard InChI is InChI=1S/C28H33F2N5O2/c1-3-4-5-13-31-25(36)16-19(2)28(37)34-14-15-35-24(18-34)33-26(20-7-6-8-22(30)17-20)27(35)32-23-11-9-21(29)10-12-23/h6-12,17,19,32H,3-5,13-16,18H2,1-2H3,(H,31,36). The first-order chi connectivity index (χ1) is 17.9. The quantitative estimate of drug-likeness (QED) is 0.366. The Kier molecular flexibility index (Phi) is 8.53. The summed E-state index contributed by atoms with van der Waals surface area (Å²) in [4.78, 5) is 31.9. The molecule has 1 aliphatic heterocycles. The van der Waals surface area contributed by atoms with E-state index in [2.05, 4.69) is 17.6 Å². The maximum absolute atomic E-state index is 14.0. The smallest absolute Gasteiger partial charge is 0.226 e. The van der Waals surface area contributed by atoms with Crippen molar-refractivity contribution in [3.63, 3.8) is 0 Å². The van der Waals surface area contributed by atoms with Gasteiger partial charge in [0.25, 0.3) is 0 Å². The fourth-order valence-electron chi connectivity index (χ4n) is 4.51. The van der Waals surface area contributed by atoms with Crippen LogP contribution in [0.1, 0.15) is 45.4 Å². The highest BCUT2D eigenvalue weighted by Crippen LogP contribution is 2.34. The predicted octanol–water partition coefficient (Wildman–Crippen LogP) is 5.25. The monoisotopic (exact) mass is 509 g/mol. The van der Waals surface area contributed by atoms with Crippen LogP contribution in [0.4, 0.5) is 20.3 Å². The van der Waals surface area contributed by atoms with Gasteiger partial charge in [-0.1, -0.05) is 38.8 Å². The number of carbonyl (C=O) groups excluding carboxylic acids is 2. The van der Waals surface area contributed by atoms with Crippen molar-refractivity contribution in [2.75, 3.05) is 18.4 Å². The third kappa shape index (κ3) is 6.53. The number of hydrogen-bond donors (Lipinski definition) is 2. The summed E-state index contributed by atoms with van der Waals surface area (Å²) in [6.07, 6.45) is 3.21. The van der Waals surface area contributed by atoms with Gasteiger partial charge in [0.1, 0.15) is 29.0 Å². The third-order valence-electron chi connectivity index (χ3n) is 6.50. The summed E-state index contributed by atoms with van der Waals surface area (Å²) in [7, 11) is 0. The van der Waals surface area contributed by atoms with Gasteiger partial charge in [-0.05, 0) is 42.8 Å². The lowest BCUT2D eigenvalue weighted by Gasteiger charge is -2.30. The maximum Gasteiger partial charge on any atom is 0.226 e. The fraction of sp³-hybridized carbons (Fsp3) is 0.393. The molecule has 0 saturated heterocycles. The van der Waals surface area contributed by atoms with Crippen molar-refractivity contribution in [1.29, 1.82) is 0 Å². The lowest BCUT2D eigenvalue weighted by atomic mass is 10.1. The van der Waals surface area contributed by atoms with Crippen LogP contribution in [0.25, 0.3) is 11.3 Å². The molecule has 0 spiro atoms. The number of carbonyl (C=O) groups is 2. The van der Waals surface area contributed by atoms with Crippen LogP contribution in [0.15, 0.2) is 48.5 Å². The number of benzene rings is 2. The minimum absolute atomic E-state index is 0.0988. The van der Waals surface area contributed by atoms with E-state index in [4.69, 9.17) is 4.98 Å². The van der Waals surface area contributed by atoms with Crippen LogP contribution < -0.4 is 10.6 Å². The van der Waals surface area contributed by atoms with Gasteiger partial charge in [-0.3, -0.25) is 9.59 Å². The second-order valence-corrected chi connectivity index (χ2v) is 9.44. The Hall–Kier alpha value is -3.75. The second-order valence-electron chi connectivity index (χ2n) is 9.44. The van der Waals surface area contributed by atoms with Crippen LogP contribution in [0.3, 0.4) is 0 Å². The summed E-state index contributed by atoms with van der Waals surface area (Å²) in [6.45, 7) is 5.70. The molecule has 1 atom stereocenters. The number of fused-ring (bicyclic) bond motifs is 1. The summed E-state index contributed by atoms with van der Waals surface area (Å²) in [5.74, 6) is -0.0856. The number of amides is 2. The van der Waals surface area contributed by atoms with Crippen LogP contribution in [0.2, 0.25) is 0 Å². The molecule has 0 fully saturated rings. The molecule has 2 amide bonds. The first-order valence-electron chi connectivity index (χ1n) is 12.8. The summed E-state index contributed by atoms with van der Waals surface area (Å²) < 4.78 is 29.4. The van der Waals surface area contributed by atoms with E-state index in [-0.39, 0.29) is 36.4 Å². The lowest BCUT2D eigenvalue weighted by molar-refractivity contribution is -0.139. The van der Waals surface area contributed by atoms with E-state index in [1.807, 2.05) is 4.57 Å². The number of hydrogen-bond acceptors (Lipinski definition) is 4. The van der Waals surface area contributed by atoms with E-state index in [1.54, 1.807) is 36.1 Å². The molecule has 1 aliphatic rings. The SMILES string of the molecule is CCCCCNC(=O)CC(C)C(=O)N1CCn2c(nc(-c3cccc(F)c3)c2Nc2ccc(F)cc2)C1. The Labute approximate surface area is 215 Å². The Morgan fingerprint density at radius 1 is 1.05 bits per heavy atom. The number of rotatable bonds is 10. The Morgan fingerprint density at radius 3 is 2.57 bits per heavy atom. The zero-order valence-electron chi connectivity index (χ0n) is 21.3. The highest BCUT2D eigenvalue weighted by Gasteiger charge is 2.30. The van der Waals surface area contributed by atoms with E-state index < -0.39 is 5.92 Å². The largest absolute Gasteiger partial charge is 0.356 e. The van der Waals surface area contributed by atoms with Crippen LogP contribution >= 0.6 is 0 Å². The molecule has 0 aliphatic carbocycles. The molecule has 37 heavy (non-hydrogen) atoms. The normalized spacial score (nSPS) is 13.7. The van der Waals surface area contributed by atoms with Crippen molar-refractivity contribution in [2.24, 2.45) is 5.92 Å². The van der Waals surface area contributed by atoms with Crippen LogP contribution in [-0.2, 0) is 22.7 Å². The van der Waals surface area contributed by atoms with Crippen molar-refractivity contribution in [2.45, 2.75) is 52.6 Å². The molecule has 2 aromatic carbocycles. The topological polar surface area (TPSA) is 79.3 Å². The molecule has 2 heterocycles. The van der Waals surface area contributed by atoms with E-state index in [0.717, 1.165) is 19.3 Å². The highest BCUT2D eigenvalue weighted by molar-refractivity contribution is 5.85. The van der Waals surface area contributed by atoms with Gasteiger partial charge in [0.05, 0.1) is 6.54 Å². The predicted molar refractivity (Wildman–Crippen MR) is 139 cm³/mol. The van der Waals surface area contributed by atoms with Gasteiger partial charge in [0, 0.05) is 43.2 Å². The zero-order valence-corrected chi connectivity index (χ0v) is 21.3. The Balaban J connectivity index is 1.52. The average Bonchev–Trinajstić information content (AvgIpc) is 3.25. The number of unbranched alkanes of at least 4 members (excludes halogenated alkanes) is 2. The molecular weight excluding hydrogens is 476 g/mol. The summed E-state index contributed by atoms with van der Waals surface area (Å²) >= 11 is 0. The number of anilines is 2. The molecule has 4 rings (SSSR count). The molecular formula is C28H33F2N5O2. The fourth-order valence-corrected chi connectivity index (χ4v) is 4.51. The minimum Gasteiger partial charge on any atom is -0.356 e. The van der Waals surface area contributed by atoms with Crippen LogP contribution in [-0.4, -0.2) is 39.4 Å². The number of halogens is 2. The number of nitrogens with zero attached hydrogens (tertiary/aromatic N) is 3. The van der Waals surface area contributed by atoms with Crippen molar-refractivity contribution >= 4 is 23.3 Å². The van der Waals surface area contributed by atoms with E-state index >= 15 is 0 Å². The average molecular weight is 510 g/mol. The third-order valence-corrected chi connectivity index (χ3v) is 6.50. The van der Waals surface area contributed by atoms with Gasteiger partial charge in [0.15, 0.2) is 0 Å². The van der Waals surface area contributed by atoms with Gasteiger partial charge in [-0.25, -0.2) is 13.8 Å². The van der Waals surface area contributed by atoms with E-state index in [1.165, 1.54) is 24.3 Å². The van der Waals surface area contributed by atoms with Gasteiger partial charge in [0.2, 0.25) is 11.8 Å². The molecule has 1 aromatic heterocycles. The van der Waals surface area contributed by atoms with E-state index in [9.17, 15) is 18.4 Å². The summed E-state index contributed by atoms with van der Waals surface area (Å²) in [5, 5.41) is 6.20. The minimum atomic E-state index is -0.452. The van der Waals surface area contributed by atoms with E-state index in [0.29, 0.717) is 48.2 Å². The summed E-state index contributed by atoms with van der Waals surface area (Å²) in [5.41, 5.74) is 1.81. The second kappa shape index (κ2) is 12.0. The number of imidazole rings is 1. The maximum atomic E-state index is 14.0. The highest BCUT2D eigenvalue weighted by atomic mass is 19.1. The zero-order chi connectivity index (χ0) is 26.4. The molecule has 9 heteroatoms. The van der Waals surface area contributed by atoms with Gasteiger partial charge >= 0.3 is 0 Å². The van der Waals surface area contributed by atoms with Crippen LogP contribution in [0, 0.1) is 17.6 Å². The lowest BCUT2D eigenvalue weighted by Crippen LogP contribution is -2.42. The number of nitrogens with one attached hydrogen (secondary N) is 2.